The van der Waals surface area contributed by atoms with E-state index in [9.17, 15) is 9.90 Å². The van der Waals surface area contributed by atoms with Crippen molar-refractivity contribution in [3.63, 3.8) is 0 Å². The maximum Gasteiger partial charge on any atom is 0.328 e. The Kier molecular flexibility index (Phi) is 2.81. The van der Waals surface area contributed by atoms with Crippen LogP contribution in [0.2, 0.25) is 0 Å². The summed E-state index contributed by atoms with van der Waals surface area (Å²) in [5, 5.41) is 13.6. The van der Waals surface area contributed by atoms with Crippen LogP contribution in [-0.4, -0.2) is 25.8 Å². The third-order valence-electron chi connectivity index (χ3n) is 3.47. The number of nitrogens with zero attached hydrogens (tertiary/aromatic N) is 3. The molecule has 3 rings (SSSR count). The molecule has 98 valence electrons. The molecule has 2 aromatic rings. The molecule has 0 spiro atoms. The zero-order chi connectivity index (χ0) is 13.4. The Labute approximate surface area is 110 Å². The molecule has 5 nitrogen and oxygen atoms in total. The van der Waals surface area contributed by atoms with Gasteiger partial charge in [0.05, 0.1) is 0 Å². The molecule has 5 heteroatoms. The summed E-state index contributed by atoms with van der Waals surface area (Å²) in [4.78, 5) is 15.7. The van der Waals surface area contributed by atoms with Crippen LogP contribution in [0, 0.1) is 6.92 Å². The Balaban J connectivity index is 2.02. The van der Waals surface area contributed by atoms with E-state index in [0.29, 0.717) is 12.2 Å². The van der Waals surface area contributed by atoms with Crippen molar-refractivity contribution in [2.75, 3.05) is 0 Å². The number of hydrogen-bond acceptors (Lipinski definition) is 3. The van der Waals surface area contributed by atoms with Crippen molar-refractivity contribution in [3.8, 4) is 11.4 Å². The molecule has 2 heterocycles. The second-order valence-corrected chi connectivity index (χ2v) is 4.91. The van der Waals surface area contributed by atoms with Crippen molar-refractivity contribution in [2.24, 2.45) is 0 Å². The van der Waals surface area contributed by atoms with Crippen LogP contribution in [0.1, 0.15) is 30.3 Å². The highest BCUT2D eigenvalue weighted by molar-refractivity contribution is 5.72. The van der Waals surface area contributed by atoms with E-state index < -0.39 is 12.0 Å². The summed E-state index contributed by atoms with van der Waals surface area (Å²) in [6.07, 6.45) is 2.27. The molecule has 1 aliphatic rings. The Bertz CT molecular complexity index is 616. The van der Waals surface area contributed by atoms with Gasteiger partial charge in [0.15, 0.2) is 11.9 Å². The van der Waals surface area contributed by atoms with Gasteiger partial charge in [0.25, 0.3) is 0 Å². The van der Waals surface area contributed by atoms with E-state index >= 15 is 0 Å². The smallest absolute Gasteiger partial charge is 0.328 e. The van der Waals surface area contributed by atoms with Crippen molar-refractivity contribution in [1.82, 2.24) is 14.8 Å². The molecule has 0 amide bonds. The first-order chi connectivity index (χ1) is 9.15. The second kappa shape index (κ2) is 4.50. The molecule has 0 aliphatic carbocycles. The van der Waals surface area contributed by atoms with E-state index in [1.807, 2.05) is 31.2 Å². The molecule has 0 fully saturated rings. The van der Waals surface area contributed by atoms with Crippen LogP contribution in [-0.2, 0) is 11.2 Å². The molecule has 0 saturated heterocycles. The SMILES string of the molecule is Cc1ccc(-c2nc3n(n2)C(C(=O)O)CCC3)cc1. The monoisotopic (exact) mass is 257 g/mol. The van der Waals surface area contributed by atoms with Crippen molar-refractivity contribution in [1.29, 1.82) is 0 Å². The zero-order valence-electron chi connectivity index (χ0n) is 10.7. The first kappa shape index (κ1) is 11.9. The van der Waals surface area contributed by atoms with Crippen LogP contribution >= 0.6 is 0 Å². The van der Waals surface area contributed by atoms with Crippen LogP contribution in [0.25, 0.3) is 11.4 Å². The number of carbonyl (C=O) groups is 1. The standard InChI is InChI=1S/C14H15N3O2/c1-9-5-7-10(8-6-9)13-15-12-4-2-3-11(14(18)19)17(12)16-13/h5-8,11H,2-4H2,1H3,(H,18,19). The highest BCUT2D eigenvalue weighted by Gasteiger charge is 2.28. The predicted octanol–water partition coefficient (Wildman–Crippen LogP) is 2.22. The summed E-state index contributed by atoms with van der Waals surface area (Å²) in [6, 6.07) is 7.36. The minimum Gasteiger partial charge on any atom is -0.480 e. The summed E-state index contributed by atoms with van der Waals surface area (Å²) < 4.78 is 1.57. The molecule has 19 heavy (non-hydrogen) atoms. The summed E-state index contributed by atoms with van der Waals surface area (Å²) in [7, 11) is 0. The topological polar surface area (TPSA) is 68.0 Å². The van der Waals surface area contributed by atoms with E-state index in [1.54, 1.807) is 4.68 Å². The average molecular weight is 257 g/mol. The van der Waals surface area contributed by atoms with Crippen LogP contribution in [0.3, 0.4) is 0 Å². The van der Waals surface area contributed by atoms with Gasteiger partial charge in [-0.1, -0.05) is 29.8 Å². The molecule has 0 bridgehead atoms. The number of aromatic nitrogens is 3. The third kappa shape index (κ3) is 2.12. The number of fused-ring (bicyclic) bond motifs is 1. The largest absolute Gasteiger partial charge is 0.480 e. The number of carboxylic acids is 1. The molecular weight excluding hydrogens is 242 g/mol. The van der Waals surface area contributed by atoms with E-state index in [1.165, 1.54) is 5.56 Å². The fourth-order valence-corrected chi connectivity index (χ4v) is 2.40. The molecular formula is C14H15N3O2. The number of aryl methyl sites for hydroxylation is 2. The molecule has 1 aromatic heterocycles. The quantitative estimate of drug-likeness (QED) is 0.895. The number of rotatable bonds is 2. The predicted molar refractivity (Wildman–Crippen MR) is 69.8 cm³/mol. The average Bonchev–Trinajstić information content (AvgIpc) is 2.82. The number of hydrogen-bond donors (Lipinski definition) is 1. The number of benzene rings is 1. The first-order valence-electron chi connectivity index (χ1n) is 6.40. The molecule has 1 unspecified atom stereocenters. The van der Waals surface area contributed by atoms with Gasteiger partial charge in [-0.05, 0) is 19.8 Å². The van der Waals surface area contributed by atoms with Crippen molar-refractivity contribution in [3.05, 3.63) is 35.7 Å². The van der Waals surface area contributed by atoms with Crippen molar-refractivity contribution < 1.29 is 9.90 Å². The third-order valence-corrected chi connectivity index (χ3v) is 3.47. The van der Waals surface area contributed by atoms with Crippen LogP contribution in [0.5, 0.6) is 0 Å². The lowest BCUT2D eigenvalue weighted by Gasteiger charge is -2.19. The molecule has 0 radical (unpaired) electrons. The van der Waals surface area contributed by atoms with Gasteiger partial charge in [-0.25, -0.2) is 14.5 Å². The zero-order valence-corrected chi connectivity index (χ0v) is 10.7. The molecule has 1 aromatic carbocycles. The van der Waals surface area contributed by atoms with E-state index in [2.05, 4.69) is 10.1 Å². The summed E-state index contributed by atoms with van der Waals surface area (Å²) >= 11 is 0. The van der Waals surface area contributed by atoms with Gasteiger partial charge in [-0.2, -0.15) is 0 Å². The highest BCUT2D eigenvalue weighted by Crippen LogP contribution is 2.26. The van der Waals surface area contributed by atoms with E-state index in [0.717, 1.165) is 24.2 Å². The maximum atomic E-state index is 11.2. The maximum absolute atomic E-state index is 11.2. The van der Waals surface area contributed by atoms with Gasteiger partial charge in [-0.3, -0.25) is 0 Å². The highest BCUT2D eigenvalue weighted by atomic mass is 16.4. The van der Waals surface area contributed by atoms with Gasteiger partial charge in [-0.15, -0.1) is 5.10 Å². The van der Waals surface area contributed by atoms with Crippen LogP contribution < -0.4 is 0 Å². The van der Waals surface area contributed by atoms with E-state index in [-0.39, 0.29) is 0 Å². The molecule has 1 atom stereocenters. The fourth-order valence-electron chi connectivity index (χ4n) is 2.40. The molecule has 1 N–H and O–H groups in total. The van der Waals surface area contributed by atoms with E-state index in [4.69, 9.17) is 0 Å². The second-order valence-electron chi connectivity index (χ2n) is 4.91. The first-order valence-corrected chi connectivity index (χ1v) is 6.40. The fraction of sp³-hybridized carbons (Fsp3) is 0.357. The number of aliphatic carboxylic acids is 1. The lowest BCUT2D eigenvalue weighted by molar-refractivity contribution is -0.141. The summed E-state index contributed by atoms with van der Waals surface area (Å²) in [6.45, 7) is 2.02. The molecule has 1 aliphatic heterocycles. The van der Waals surface area contributed by atoms with Gasteiger partial charge in [0, 0.05) is 12.0 Å². The van der Waals surface area contributed by atoms with Gasteiger partial charge in [0.2, 0.25) is 0 Å². The summed E-state index contributed by atoms with van der Waals surface area (Å²) in [5.74, 6) is 0.554. The van der Waals surface area contributed by atoms with Gasteiger partial charge < -0.3 is 5.11 Å². The Morgan fingerprint density at radius 3 is 2.79 bits per heavy atom. The van der Waals surface area contributed by atoms with Crippen LogP contribution in [0.4, 0.5) is 0 Å². The van der Waals surface area contributed by atoms with Crippen molar-refractivity contribution in [2.45, 2.75) is 32.2 Å². The van der Waals surface area contributed by atoms with Gasteiger partial charge in [0.1, 0.15) is 5.82 Å². The van der Waals surface area contributed by atoms with Gasteiger partial charge >= 0.3 is 5.97 Å². The lowest BCUT2D eigenvalue weighted by atomic mass is 10.1. The van der Waals surface area contributed by atoms with Crippen LogP contribution in [0.15, 0.2) is 24.3 Å². The Hall–Kier alpha value is -2.17. The van der Waals surface area contributed by atoms with Crippen molar-refractivity contribution >= 4 is 5.97 Å². The Morgan fingerprint density at radius 1 is 1.37 bits per heavy atom. The number of carboxylic acid groups (broad SMARTS) is 1. The summed E-state index contributed by atoms with van der Waals surface area (Å²) in [5.41, 5.74) is 2.10. The lowest BCUT2D eigenvalue weighted by Crippen LogP contribution is -2.25. The normalized spacial score (nSPS) is 18.1. The Morgan fingerprint density at radius 2 is 2.11 bits per heavy atom. The minimum absolute atomic E-state index is 0.574. The molecule has 0 saturated carbocycles. The minimum atomic E-state index is -0.832.